The maximum absolute atomic E-state index is 9.59. The number of pyridine rings is 1. The second kappa shape index (κ2) is 18.6. The van der Waals surface area contributed by atoms with Crippen LogP contribution in [0.2, 0.25) is 0 Å². The Morgan fingerprint density at radius 2 is 1.87 bits per heavy atom. The van der Waals surface area contributed by atoms with Crippen molar-refractivity contribution in [3.8, 4) is 11.5 Å². The van der Waals surface area contributed by atoms with Gasteiger partial charge in [-0.15, -0.1) is 0 Å². The Morgan fingerprint density at radius 1 is 1.13 bits per heavy atom. The van der Waals surface area contributed by atoms with E-state index in [-0.39, 0.29) is 0 Å². The summed E-state index contributed by atoms with van der Waals surface area (Å²) in [6, 6.07) is 9.53. The Hall–Kier alpha value is -4.11. The van der Waals surface area contributed by atoms with E-state index in [0.717, 1.165) is 34.8 Å². The zero-order valence-electron chi connectivity index (χ0n) is 28.8. The standard InChI is InChI=1S/C22H21N7O.C10H22O.C4H10/c1-5-18-21(27-14(2)3)22(25-12-23-18)28-16-6-7-19(15(4)10-16)30-17-8-9-29-20(11-17)24-13-26-29;1-5-6-7-8-9(2)10(3,4)11;1-3-4-2/h5-13H,2H2,1,3-4H3,(H,23,25,28);9,11H,5-8H2,1-4H3;3-4H2,1-2H3/b18-5+,27-21?;;. The van der Waals surface area contributed by atoms with Crippen molar-refractivity contribution in [3.63, 3.8) is 0 Å². The molecule has 244 valence electrons. The Labute approximate surface area is 270 Å². The maximum atomic E-state index is 9.59. The van der Waals surface area contributed by atoms with Crippen LogP contribution in [0.5, 0.6) is 11.5 Å². The molecule has 0 amide bonds. The third kappa shape index (κ3) is 12.4. The average Bonchev–Trinajstić information content (AvgIpc) is 3.47. The summed E-state index contributed by atoms with van der Waals surface area (Å²) in [5.41, 5.74) is 4.16. The summed E-state index contributed by atoms with van der Waals surface area (Å²) in [5, 5.41) is 17.0. The van der Waals surface area contributed by atoms with E-state index in [1.54, 1.807) is 4.52 Å². The molecule has 9 nitrogen and oxygen atoms in total. The Bertz CT molecular complexity index is 1490. The van der Waals surface area contributed by atoms with E-state index < -0.39 is 5.60 Å². The SMILES string of the molecule is C=C(C)N=C1C(Nc2ccc(Oc3ccn4ncnc4c3)c(C)c2)=NC=N/C1=C/C.CCCC.CCCCCC(C)C(C)(C)O. The van der Waals surface area contributed by atoms with Crippen molar-refractivity contribution in [2.45, 2.75) is 106 Å². The first-order chi connectivity index (χ1) is 21.4. The summed E-state index contributed by atoms with van der Waals surface area (Å²) < 4.78 is 7.72. The lowest BCUT2D eigenvalue weighted by atomic mass is 9.88. The number of nitrogens with one attached hydrogen (secondary N) is 1. The molecule has 2 aromatic heterocycles. The highest BCUT2D eigenvalue weighted by Crippen LogP contribution is 2.28. The number of hydrogen-bond acceptors (Lipinski definition) is 8. The molecule has 0 aliphatic carbocycles. The molecule has 1 aliphatic rings. The molecular weight excluding hydrogens is 562 g/mol. The number of amidine groups is 1. The zero-order valence-corrected chi connectivity index (χ0v) is 28.8. The minimum Gasteiger partial charge on any atom is -0.457 e. The van der Waals surface area contributed by atoms with Crippen LogP contribution in [-0.2, 0) is 0 Å². The number of benzene rings is 1. The molecule has 0 spiro atoms. The van der Waals surface area contributed by atoms with Gasteiger partial charge >= 0.3 is 0 Å². The Morgan fingerprint density at radius 3 is 2.47 bits per heavy atom. The molecule has 45 heavy (non-hydrogen) atoms. The van der Waals surface area contributed by atoms with E-state index in [1.807, 2.05) is 77.2 Å². The van der Waals surface area contributed by atoms with Gasteiger partial charge in [-0.1, -0.05) is 72.5 Å². The summed E-state index contributed by atoms with van der Waals surface area (Å²) in [7, 11) is 0. The predicted octanol–water partition coefficient (Wildman–Crippen LogP) is 9.34. The minimum atomic E-state index is -0.492. The van der Waals surface area contributed by atoms with E-state index in [1.165, 1.54) is 44.8 Å². The van der Waals surface area contributed by atoms with Gasteiger partial charge in [0.15, 0.2) is 11.5 Å². The van der Waals surface area contributed by atoms with Crippen LogP contribution in [0, 0.1) is 12.8 Å². The number of hydrogen-bond donors (Lipinski definition) is 2. The van der Waals surface area contributed by atoms with Crippen LogP contribution in [-0.4, -0.2) is 43.2 Å². The summed E-state index contributed by atoms with van der Waals surface area (Å²) in [6.07, 6.45) is 14.3. The summed E-state index contributed by atoms with van der Waals surface area (Å²) >= 11 is 0. The fraction of sp³-hybridized carbons (Fsp3) is 0.472. The van der Waals surface area contributed by atoms with Gasteiger partial charge in [0.25, 0.3) is 0 Å². The first kappa shape index (κ1) is 37.1. The summed E-state index contributed by atoms with van der Waals surface area (Å²) in [6.45, 7) is 22.1. The molecule has 1 atom stereocenters. The number of aromatic nitrogens is 3. The number of aryl methyl sites for hydroxylation is 1. The molecule has 4 rings (SSSR count). The van der Waals surface area contributed by atoms with E-state index in [9.17, 15) is 5.11 Å². The van der Waals surface area contributed by atoms with Crippen molar-refractivity contribution >= 4 is 29.2 Å². The number of nitrogens with zero attached hydrogens (tertiary/aromatic N) is 6. The number of rotatable bonds is 10. The van der Waals surface area contributed by atoms with Crippen molar-refractivity contribution in [2.24, 2.45) is 20.9 Å². The second-order valence-corrected chi connectivity index (χ2v) is 11.8. The number of aliphatic hydroxyl groups is 1. The first-order valence-corrected chi connectivity index (χ1v) is 16.0. The highest BCUT2D eigenvalue weighted by Gasteiger charge is 2.21. The molecule has 1 aliphatic heterocycles. The quantitative estimate of drug-likeness (QED) is 0.221. The number of ether oxygens (including phenoxy) is 1. The molecular formula is C36H53N7O2. The molecule has 0 bridgehead atoms. The highest BCUT2D eigenvalue weighted by atomic mass is 16.5. The zero-order chi connectivity index (χ0) is 33.4. The van der Waals surface area contributed by atoms with Crippen molar-refractivity contribution in [3.05, 3.63) is 72.5 Å². The molecule has 0 radical (unpaired) electrons. The smallest absolute Gasteiger partial charge is 0.160 e. The lowest BCUT2D eigenvalue weighted by molar-refractivity contribution is 0.0204. The lowest BCUT2D eigenvalue weighted by Crippen LogP contribution is -2.28. The van der Waals surface area contributed by atoms with Gasteiger partial charge in [-0.05, 0) is 76.8 Å². The van der Waals surface area contributed by atoms with E-state index in [4.69, 9.17) is 4.74 Å². The fourth-order valence-electron chi connectivity index (χ4n) is 4.02. The van der Waals surface area contributed by atoms with Crippen LogP contribution < -0.4 is 10.1 Å². The minimum absolute atomic E-state index is 0.425. The molecule has 2 N–H and O–H groups in total. The largest absolute Gasteiger partial charge is 0.457 e. The van der Waals surface area contributed by atoms with Gasteiger partial charge in [-0.2, -0.15) is 5.10 Å². The Kier molecular flexibility index (Phi) is 15.4. The van der Waals surface area contributed by atoms with Gasteiger partial charge < -0.3 is 15.2 Å². The third-order valence-electron chi connectivity index (χ3n) is 7.29. The summed E-state index contributed by atoms with van der Waals surface area (Å²) in [5.74, 6) is 2.49. The lowest BCUT2D eigenvalue weighted by Gasteiger charge is -2.25. The summed E-state index contributed by atoms with van der Waals surface area (Å²) in [4.78, 5) is 17.3. The molecule has 3 heterocycles. The number of unbranched alkanes of at least 4 members (excludes halogenated alkanes) is 3. The molecule has 9 heteroatoms. The van der Waals surface area contributed by atoms with Crippen LogP contribution in [0.15, 0.2) is 81.9 Å². The molecule has 0 saturated heterocycles. The van der Waals surface area contributed by atoms with Gasteiger partial charge in [0.1, 0.15) is 29.9 Å². The number of allylic oxidation sites excluding steroid dienone is 2. The maximum Gasteiger partial charge on any atom is 0.160 e. The van der Waals surface area contributed by atoms with E-state index in [0.29, 0.717) is 28.9 Å². The van der Waals surface area contributed by atoms with E-state index >= 15 is 0 Å². The number of aliphatic imine (C=N–C) groups is 3. The normalized spacial score (nSPS) is 15.1. The third-order valence-corrected chi connectivity index (χ3v) is 7.29. The highest BCUT2D eigenvalue weighted by molar-refractivity contribution is 6.52. The van der Waals surface area contributed by atoms with Crippen LogP contribution >= 0.6 is 0 Å². The molecule has 0 fully saturated rings. The van der Waals surface area contributed by atoms with E-state index in [2.05, 4.69) is 64.7 Å². The van der Waals surface area contributed by atoms with Gasteiger partial charge in [-0.3, -0.25) is 0 Å². The van der Waals surface area contributed by atoms with Crippen LogP contribution in [0.4, 0.5) is 5.69 Å². The molecule has 3 aromatic rings. The molecule has 1 unspecified atom stereocenters. The topological polar surface area (TPSA) is 109 Å². The van der Waals surface area contributed by atoms with Gasteiger partial charge in [0.05, 0.1) is 11.3 Å². The van der Waals surface area contributed by atoms with Crippen molar-refractivity contribution in [2.75, 3.05) is 5.32 Å². The number of anilines is 1. The van der Waals surface area contributed by atoms with Crippen molar-refractivity contribution in [1.29, 1.82) is 0 Å². The number of fused-ring (bicyclic) bond motifs is 1. The van der Waals surface area contributed by atoms with Crippen molar-refractivity contribution in [1.82, 2.24) is 14.6 Å². The fourth-order valence-corrected chi connectivity index (χ4v) is 4.02. The van der Waals surface area contributed by atoms with Gasteiger partial charge in [0, 0.05) is 23.6 Å². The van der Waals surface area contributed by atoms with Crippen LogP contribution in [0.3, 0.4) is 0 Å². The Balaban J connectivity index is 0.000000394. The molecule has 0 saturated carbocycles. The predicted molar refractivity (Wildman–Crippen MR) is 190 cm³/mol. The van der Waals surface area contributed by atoms with Crippen molar-refractivity contribution < 1.29 is 9.84 Å². The average molecular weight is 616 g/mol. The first-order valence-electron chi connectivity index (χ1n) is 16.0. The van der Waals surface area contributed by atoms with Gasteiger partial charge in [-0.25, -0.2) is 24.5 Å². The monoisotopic (exact) mass is 615 g/mol. The van der Waals surface area contributed by atoms with Crippen LogP contribution in [0.1, 0.15) is 99.5 Å². The second-order valence-electron chi connectivity index (χ2n) is 11.8. The van der Waals surface area contributed by atoms with Crippen LogP contribution in [0.25, 0.3) is 5.65 Å². The molecule has 1 aromatic carbocycles. The van der Waals surface area contributed by atoms with Gasteiger partial charge in [0.2, 0.25) is 0 Å².